The van der Waals surface area contributed by atoms with Crippen molar-refractivity contribution in [2.24, 2.45) is 0 Å². The first-order chi connectivity index (χ1) is 10.1. The van der Waals surface area contributed by atoms with Gasteiger partial charge in [0.15, 0.2) is 0 Å². The molecule has 0 bridgehead atoms. The Morgan fingerprint density at radius 1 is 1.19 bits per heavy atom. The van der Waals surface area contributed by atoms with Crippen LogP contribution in [0.4, 0.5) is 0 Å². The van der Waals surface area contributed by atoms with E-state index in [-0.39, 0.29) is 0 Å². The zero-order valence-electron chi connectivity index (χ0n) is 11.8. The third kappa shape index (κ3) is 3.09. The second-order valence-corrected chi connectivity index (χ2v) is 5.72. The van der Waals surface area contributed by atoms with Crippen LogP contribution in [0.25, 0.3) is 11.0 Å². The average Bonchev–Trinajstić information content (AvgIpc) is 2.76. The molecule has 0 amide bonds. The second-order valence-electron chi connectivity index (χ2n) is 5.28. The van der Waals surface area contributed by atoms with Crippen molar-refractivity contribution in [2.75, 3.05) is 0 Å². The first-order valence-electron chi connectivity index (χ1n) is 7.00. The van der Waals surface area contributed by atoms with Crippen LogP contribution in [0, 0.1) is 0 Å². The maximum absolute atomic E-state index is 9.75. The minimum absolute atomic E-state index is 0.424. The minimum Gasteiger partial charge on any atom is -0.392 e. The number of benzene rings is 2. The van der Waals surface area contributed by atoms with Gasteiger partial charge in [0.2, 0.25) is 0 Å². The van der Waals surface area contributed by atoms with E-state index in [0.29, 0.717) is 11.6 Å². The highest BCUT2D eigenvalue weighted by Crippen LogP contribution is 2.22. The predicted molar refractivity (Wildman–Crippen MR) is 85.7 cm³/mol. The van der Waals surface area contributed by atoms with Crippen molar-refractivity contribution < 1.29 is 5.11 Å². The largest absolute Gasteiger partial charge is 0.392 e. The van der Waals surface area contributed by atoms with Crippen LogP contribution in [0.1, 0.15) is 18.3 Å². The van der Waals surface area contributed by atoms with E-state index in [1.165, 1.54) is 5.56 Å². The summed E-state index contributed by atoms with van der Waals surface area (Å²) in [5, 5.41) is 10.4. The standard InChI is InChI=1S/C17H17ClN2O/c1-12(21)11-20-16-8-7-14(18)10-15(16)19-17(20)9-13-5-3-2-4-6-13/h2-8,10,12,21H,9,11H2,1H3. The van der Waals surface area contributed by atoms with Crippen LogP contribution in [-0.2, 0) is 13.0 Å². The van der Waals surface area contributed by atoms with Gasteiger partial charge in [0, 0.05) is 11.4 Å². The molecule has 0 aliphatic rings. The van der Waals surface area contributed by atoms with Gasteiger partial charge in [-0.1, -0.05) is 41.9 Å². The Balaban J connectivity index is 2.07. The lowest BCUT2D eigenvalue weighted by atomic mass is 10.1. The molecule has 3 aromatic rings. The Kier molecular flexibility index (Phi) is 3.95. The number of aromatic nitrogens is 2. The summed E-state index contributed by atoms with van der Waals surface area (Å²) < 4.78 is 2.07. The van der Waals surface area contributed by atoms with Gasteiger partial charge in [-0.25, -0.2) is 4.98 Å². The van der Waals surface area contributed by atoms with Gasteiger partial charge in [-0.15, -0.1) is 0 Å². The van der Waals surface area contributed by atoms with Gasteiger partial charge < -0.3 is 9.67 Å². The fraction of sp³-hybridized carbons (Fsp3) is 0.235. The van der Waals surface area contributed by atoms with Crippen molar-refractivity contribution in [3.05, 3.63) is 64.9 Å². The van der Waals surface area contributed by atoms with Crippen molar-refractivity contribution >= 4 is 22.6 Å². The molecule has 0 spiro atoms. The predicted octanol–water partition coefficient (Wildman–Crippen LogP) is 3.66. The molecule has 2 aromatic carbocycles. The Morgan fingerprint density at radius 3 is 2.67 bits per heavy atom. The molecule has 0 saturated carbocycles. The summed E-state index contributed by atoms with van der Waals surface area (Å²) in [6.45, 7) is 2.31. The Labute approximate surface area is 128 Å². The molecule has 1 unspecified atom stereocenters. The molecule has 1 heterocycles. The third-order valence-electron chi connectivity index (χ3n) is 3.44. The lowest BCUT2D eigenvalue weighted by molar-refractivity contribution is 0.174. The van der Waals surface area contributed by atoms with Gasteiger partial charge in [-0.2, -0.15) is 0 Å². The maximum atomic E-state index is 9.75. The van der Waals surface area contributed by atoms with Gasteiger partial charge in [0.25, 0.3) is 0 Å². The third-order valence-corrected chi connectivity index (χ3v) is 3.68. The van der Waals surface area contributed by atoms with Crippen LogP contribution in [-0.4, -0.2) is 20.8 Å². The molecule has 4 heteroatoms. The summed E-state index contributed by atoms with van der Waals surface area (Å²) in [5.74, 6) is 0.944. The lowest BCUT2D eigenvalue weighted by Gasteiger charge is -2.11. The smallest absolute Gasteiger partial charge is 0.114 e. The number of nitrogens with zero attached hydrogens (tertiary/aromatic N) is 2. The summed E-state index contributed by atoms with van der Waals surface area (Å²) in [4.78, 5) is 4.69. The SMILES string of the molecule is CC(O)Cn1c(Cc2ccccc2)nc2cc(Cl)ccc21. The van der Waals surface area contributed by atoms with Gasteiger partial charge in [-0.05, 0) is 30.7 Å². The van der Waals surface area contributed by atoms with Gasteiger partial charge in [0.1, 0.15) is 5.82 Å². The van der Waals surface area contributed by atoms with Crippen LogP contribution in [0.3, 0.4) is 0 Å². The topological polar surface area (TPSA) is 38.0 Å². The highest BCUT2D eigenvalue weighted by Gasteiger charge is 2.13. The van der Waals surface area contributed by atoms with Crippen LogP contribution in [0.5, 0.6) is 0 Å². The van der Waals surface area contributed by atoms with Crippen LogP contribution < -0.4 is 0 Å². The summed E-state index contributed by atoms with van der Waals surface area (Å²) in [6, 6.07) is 15.9. The molecule has 21 heavy (non-hydrogen) atoms. The zero-order valence-corrected chi connectivity index (χ0v) is 12.6. The van der Waals surface area contributed by atoms with E-state index in [9.17, 15) is 5.11 Å². The fourth-order valence-electron chi connectivity index (χ4n) is 2.53. The molecule has 0 saturated heterocycles. The van der Waals surface area contributed by atoms with Crippen molar-refractivity contribution in [1.29, 1.82) is 0 Å². The summed E-state index contributed by atoms with van der Waals surface area (Å²) in [5.41, 5.74) is 3.08. The van der Waals surface area contributed by atoms with Gasteiger partial charge in [0.05, 0.1) is 23.7 Å². The average molecular weight is 301 g/mol. The summed E-state index contributed by atoms with van der Waals surface area (Å²) in [7, 11) is 0. The van der Waals surface area contributed by atoms with Crippen molar-refractivity contribution in [3.8, 4) is 0 Å². The first kappa shape index (κ1) is 14.1. The molecule has 0 fully saturated rings. The molecule has 1 aromatic heterocycles. The number of hydrogen-bond donors (Lipinski definition) is 1. The summed E-state index contributed by atoms with van der Waals surface area (Å²) >= 11 is 6.05. The first-order valence-corrected chi connectivity index (χ1v) is 7.38. The van der Waals surface area contributed by atoms with Gasteiger partial charge in [-0.3, -0.25) is 0 Å². The van der Waals surface area contributed by atoms with Crippen LogP contribution in [0.2, 0.25) is 5.02 Å². The number of fused-ring (bicyclic) bond motifs is 1. The Bertz CT molecular complexity index is 750. The van der Waals surface area contributed by atoms with Crippen LogP contribution in [0.15, 0.2) is 48.5 Å². The molecule has 0 aliphatic heterocycles. The van der Waals surface area contributed by atoms with E-state index in [2.05, 4.69) is 21.7 Å². The number of aliphatic hydroxyl groups is 1. The molecule has 108 valence electrons. The monoisotopic (exact) mass is 300 g/mol. The number of halogens is 1. The van der Waals surface area contributed by atoms with Crippen LogP contribution >= 0.6 is 11.6 Å². The fourth-order valence-corrected chi connectivity index (χ4v) is 2.70. The van der Waals surface area contributed by atoms with E-state index in [1.54, 1.807) is 6.92 Å². The van der Waals surface area contributed by atoms with Crippen molar-refractivity contribution in [3.63, 3.8) is 0 Å². The lowest BCUT2D eigenvalue weighted by Crippen LogP contribution is -2.14. The molecule has 1 atom stereocenters. The summed E-state index contributed by atoms with van der Waals surface area (Å²) in [6.07, 6.45) is 0.312. The van der Waals surface area contributed by atoms with Crippen molar-refractivity contribution in [2.45, 2.75) is 26.0 Å². The molecule has 1 N–H and O–H groups in total. The van der Waals surface area contributed by atoms with E-state index in [0.717, 1.165) is 23.3 Å². The highest BCUT2D eigenvalue weighted by atomic mass is 35.5. The number of aliphatic hydroxyl groups excluding tert-OH is 1. The zero-order chi connectivity index (χ0) is 14.8. The molecule has 3 rings (SSSR count). The second kappa shape index (κ2) is 5.88. The van der Waals surface area contributed by atoms with Crippen molar-refractivity contribution in [1.82, 2.24) is 9.55 Å². The number of imidazole rings is 1. The highest BCUT2D eigenvalue weighted by molar-refractivity contribution is 6.31. The van der Waals surface area contributed by atoms with E-state index in [1.807, 2.05) is 36.4 Å². The minimum atomic E-state index is -0.424. The molecular formula is C17H17ClN2O. The Hall–Kier alpha value is -1.84. The maximum Gasteiger partial charge on any atom is 0.114 e. The molecule has 0 radical (unpaired) electrons. The van der Waals surface area contributed by atoms with E-state index >= 15 is 0 Å². The Morgan fingerprint density at radius 2 is 1.95 bits per heavy atom. The van der Waals surface area contributed by atoms with Gasteiger partial charge >= 0.3 is 0 Å². The van der Waals surface area contributed by atoms with E-state index in [4.69, 9.17) is 11.6 Å². The molecular weight excluding hydrogens is 284 g/mol. The number of rotatable bonds is 4. The number of hydrogen-bond acceptors (Lipinski definition) is 2. The molecule has 0 aliphatic carbocycles. The molecule has 3 nitrogen and oxygen atoms in total. The normalized spacial score (nSPS) is 12.7. The quantitative estimate of drug-likeness (QED) is 0.798. The van der Waals surface area contributed by atoms with E-state index < -0.39 is 6.10 Å².